The number of rotatable bonds is 4. The van der Waals surface area contributed by atoms with E-state index < -0.39 is 0 Å². The maximum atomic E-state index is 4.01. The molecule has 0 bridgehead atoms. The maximum absolute atomic E-state index is 4.01. The predicted octanol–water partition coefficient (Wildman–Crippen LogP) is 5.58. The summed E-state index contributed by atoms with van der Waals surface area (Å²) in [5.74, 6) is 1.66. The molecule has 0 radical (unpaired) electrons. The molecular weight excluding hydrogens is 254 g/mol. The molecule has 21 heavy (non-hydrogen) atoms. The lowest BCUT2D eigenvalue weighted by Gasteiger charge is -2.38. The molecule has 1 N–H and O–H groups in total. The quantitative estimate of drug-likeness (QED) is 0.762. The van der Waals surface area contributed by atoms with Crippen LogP contribution in [0.2, 0.25) is 0 Å². The van der Waals surface area contributed by atoms with Crippen LogP contribution in [-0.4, -0.2) is 6.04 Å². The van der Waals surface area contributed by atoms with E-state index in [1.807, 2.05) is 0 Å². The van der Waals surface area contributed by atoms with Crippen molar-refractivity contribution >= 4 is 0 Å². The molecule has 1 aliphatic rings. The average Bonchev–Trinajstić information content (AvgIpc) is 2.42. The number of benzene rings is 1. The van der Waals surface area contributed by atoms with Crippen LogP contribution in [0.3, 0.4) is 0 Å². The molecule has 0 heterocycles. The van der Waals surface area contributed by atoms with Crippen LogP contribution in [-0.2, 0) is 0 Å². The van der Waals surface area contributed by atoms with Crippen molar-refractivity contribution in [2.45, 2.75) is 72.4 Å². The summed E-state index contributed by atoms with van der Waals surface area (Å²) in [7, 11) is 0. The number of hydrogen-bond donors (Lipinski definition) is 1. The van der Waals surface area contributed by atoms with Gasteiger partial charge in [0.2, 0.25) is 0 Å². The highest BCUT2D eigenvalue weighted by atomic mass is 15.0. The molecule has 0 amide bonds. The van der Waals surface area contributed by atoms with Gasteiger partial charge in [-0.25, -0.2) is 0 Å². The van der Waals surface area contributed by atoms with Gasteiger partial charge in [-0.05, 0) is 42.1 Å². The molecule has 0 aromatic heterocycles. The van der Waals surface area contributed by atoms with Gasteiger partial charge < -0.3 is 5.32 Å². The third-order valence-electron chi connectivity index (χ3n) is 4.89. The van der Waals surface area contributed by atoms with Gasteiger partial charge in [-0.1, -0.05) is 71.4 Å². The minimum atomic E-state index is 0.344. The van der Waals surface area contributed by atoms with Gasteiger partial charge in [0, 0.05) is 12.1 Å². The second kappa shape index (κ2) is 6.96. The standard InChI is InChI=1S/C20H33N/c1-15-11-12-16(2)18(13-15)21-19(14-20(3,4)5)17-9-7-6-8-10-17/h6-10,15-16,18-19,21H,11-14H2,1-5H3. The van der Waals surface area contributed by atoms with Crippen LogP contribution in [0.4, 0.5) is 0 Å². The lowest BCUT2D eigenvalue weighted by atomic mass is 9.78. The van der Waals surface area contributed by atoms with Crippen molar-refractivity contribution in [2.75, 3.05) is 0 Å². The van der Waals surface area contributed by atoms with E-state index in [0.717, 1.165) is 11.8 Å². The topological polar surface area (TPSA) is 12.0 Å². The summed E-state index contributed by atoms with van der Waals surface area (Å²) in [6.07, 6.45) is 5.29. The fourth-order valence-corrected chi connectivity index (χ4v) is 3.59. The molecule has 1 fully saturated rings. The van der Waals surface area contributed by atoms with Crippen LogP contribution in [0.1, 0.15) is 71.9 Å². The van der Waals surface area contributed by atoms with Crippen LogP contribution in [0.15, 0.2) is 30.3 Å². The first-order chi connectivity index (χ1) is 9.85. The van der Waals surface area contributed by atoms with Crippen molar-refractivity contribution in [2.24, 2.45) is 17.3 Å². The molecule has 1 aromatic carbocycles. The Morgan fingerprint density at radius 1 is 1.10 bits per heavy atom. The van der Waals surface area contributed by atoms with Gasteiger partial charge >= 0.3 is 0 Å². The molecule has 1 nitrogen and oxygen atoms in total. The first-order valence-corrected chi connectivity index (χ1v) is 8.66. The molecule has 0 aliphatic heterocycles. The second-order valence-electron chi connectivity index (χ2n) is 8.40. The van der Waals surface area contributed by atoms with Gasteiger partial charge in [-0.3, -0.25) is 0 Å². The lowest BCUT2D eigenvalue weighted by Crippen LogP contribution is -2.42. The molecule has 1 saturated carbocycles. The molecule has 1 aromatic rings. The zero-order valence-corrected chi connectivity index (χ0v) is 14.5. The Balaban J connectivity index is 2.12. The van der Waals surface area contributed by atoms with Crippen molar-refractivity contribution in [1.29, 1.82) is 0 Å². The molecule has 2 rings (SSSR count). The molecule has 0 saturated heterocycles. The van der Waals surface area contributed by atoms with Gasteiger partial charge in [0.05, 0.1) is 0 Å². The third-order valence-corrected chi connectivity index (χ3v) is 4.89. The molecule has 1 heteroatoms. The van der Waals surface area contributed by atoms with Gasteiger partial charge in [-0.2, -0.15) is 0 Å². The van der Waals surface area contributed by atoms with Crippen LogP contribution >= 0.6 is 0 Å². The molecule has 118 valence electrons. The molecule has 1 aliphatic carbocycles. The van der Waals surface area contributed by atoms with E-state index in [0.29, 0.717) is 17.5 Å². The Bertz CT molecular complexity index is 417. The summed E-state index contributed by atoms with van der Waals surface area (Å²) in [5, 5.41) is 4.01. The fraction of sp³-hybridized carbons (Fsp3) is 0.700. The van der Waals surface area contributed by atoms with Gasteiger partial charge in [0.25, 0.3) is 0 Å². The third kappa shape index (κ3) is 5.14. The largest absolute Gasteiger partial charge is 0.307 e. The highest BCUT2D eigenvalue weighted by molar-refractivity contribution is 5.19. The van der Waals surface area contributed by atoms with Crippen LogP contribution < -0.4 is 5.32 Å². The SMILES string of the molecule is CC1CCC(C)C(NC(CC(C)(C)C)c2ccccc2)C1. The normalized spacial score (nSPS) is 28.3. The van der Waals surface area contributed by atoms with E-state index in [1.54, 1.807) is 0 Å². The van der Waals surface area contributed by atoms with Crippen molar-refractivity contribution in [3.63, 3.8) is 0 Å². The highest BCUT2D eigenvalue weighted by Crippen LogP contribution is 2.34. The van der Waals surface area contributed by atoms with Gasteiger partial charge in [0.15, 0.2) is 0 Å². The Labute approximate surface area is 131 Å². The number of hydrogen-bond acceptors (Lipinski definition) is 1. The fourth-order valence-electron chi connectivity index (χ4n) is 3.59. The highest BCUT2D eigenvalue weighted by Gasteiger charge is 2.29. The summed E-state index contributed by atoms with van der Waals surface area (Å²) in [4.78, 5) is 0. The van der Waals surface area contributed by atoms with E-state index in [2.05, 4.69) is 70.3 Å². The Hall–Kier alpha value is -0.820. The number of nitrogens with one attached hydrogen (secondary N) is 1. The van der Waals surface area contributed by atoms with E-state index in [-0.39, 0.29) is 0 Å². The van der Waals surface area contributed by atoms with Crippen molar-refractivity contribution in [1.82, 2.24) is 5.32 Å². The van der Waals surface area contributed by atoms with Crippen LogP contribution in [0.5, 0.6) is 0 Å². The summed E-state index contributed by atoms with van der Waals surface area (Å²) >= 11 is 0. The van der Waals surface area contributed by atoms with Gasteiger partial charge in [0.1, 0.15) is 0 Å². The zero-order valence-electron chi connectivity index (χ0n) is 14.5. The minimum Gasteiger partial charge on any atom is -0.307 e. The van der Waals surface area contributed by atoms with E-state index >= 15 is 0 Å². The summed E-state index contributed by atoms with van der Waals surface area (Å²) < 4.78 is 0. The molecule has 4 unspecified atom stereocenters. The lowest BCUT2D eigenvalue weighted by molar-refractivity contribution is 0.194. The second-order valence-corrected chi connectivity index (χ2v) is 8.40. The maximum Gasteiger partial charge on any atom is 0.0327 e. The molecule has 4 atom stereocenters. The Kier molecular flexibility index (Phi) is 5.48. The van der Waals surface area contributed by atoms with Gasteiger partial charge in [-0.15, -0.1) is 0 Å². The van der Waals surface area contributed by atoms with Crippen LogP contribution in [0, 0.1) is 17.3 Å². The molecule has 0 spiro atoms. The van der Waals surface area contributed by atoms with E-state index in [1.165, 1.54) is 31.2 Å². The summed E-state index contributed by atoms with van der Waals surface area (Å²) in [6.45, 7) is 11.9. The van der Waals surface area contributed by atoms with E-state index in [9.17, 15) is 0 Å². The summed E-state index contributed by atoms with van der Waals surface area (Å²) in [6, 6.07) is 12.1. The van der Waals surface area contributed by atoms with E-state index in [4.69, 9.17) is 0 Å². The monoisotopic (exact) mass is 287 g/mol. The summed E-state index contributed by atoms with van der Waals surface area (Å²) in [5.41, 5.74) is 1.79. The first-order valence-electron chi connectivity index (χ1n) is 8.66. The molecular formula is C20H33N. The zero-order chi connectivity index (χ0) is 15.5. The smallest absolute Gasteiger partial charge is 0.0327 e. The minimum absolute atomic E-state index is 0.344. The Morgan fingerprint density at radius 3 is 2.38 bits per heavy atom. The van der Waals surface area contributed by atoms with Crippen molar-refractivity contribution in [3.05, 3.63) is 35.9 Å². The first kappa shape index (κ1) is 16.5. The van der Waals surface area contributed by atoms with Crippen LogP contribution in [0.25, 0.3) is 0 Å². The van der Waals surface area contributed by atoms with Crippen molar-refractivity contribution in [3.8, 4) is 0 Å². The average molecular weight is 287 g/mol. The Morgan fingerprint density at radius 2 is 1.76 bits per heavy atom. The van der Waals surface area contributed by atoms with Crippen molar-refractivity contribution < 1.29 is 0 Å². The predicted molar refractivity (Wildman–Crippen MR) is 92.4 cm³/mol.